The third kappa shape index (κ3) is 6.51. The highest BCUT2D eigenvalue weighted by molar-refractivity contribution is 5.94. The van der Waals surface area contributed by atoms with Crippen LogP contribution in [0.2, 0.25) is 0 Å². The van der Waals surface area contributed by atoms with Crippen molar-refractivity contribution in [1.82, 2.24) is 10.3 Å². The van der Waals surface area contributed by atoms with Crippen molar-refractivity contribution in [3.05, 3.63) is 47.3 Å². The Bertz CT molecular complexity index is 961. The van der Waals surface area contributed by atoms with Crippen LogP contribution in [0.3, 0.4) is 0 Å². The van der Waals surface area contributed by atoms with Crippen LogP contribution >= 0.6 is 0 Å². The Kier molecular flexibility index (Phi) is 8.71. The van der Waals surface area contributed by atoms with Crippen LogP contribution in [0.4, 0.5) is 13.2 Å². The second-order valence-corrected chi connectivity index (χ2v) is 6.35. The summed E-state index contributed by atoms with van der Waals surface area (Å²) in [5.74, 6) is -1.34. The number of carbonyl (C=O) groups is 3. The largest absolute Gasteiger partial charge is 0.467 e. The van der Waals surface area contributed by atoms with Gasteiger partial charge < -0.3 is 19.5 Å². The van der Waals surface area contributed by atoms with E-state index in [1.165, 1.54) is 25.4 Å². The molecule has 0 radical (unpaired) electrons. The molecule has 0 bridgehead atoms. The van der Waals surface area contributed by atoms with Crippen LogP contribution < -0.4 is 10.1 Å². The van der Waals surface area contributed by atoms with E-state index < -0.39 is 23.6 Å². The highest BCUT2D eigenvalue weighted by Crippen LogP contribution is 2.38. The molecule has 0 atom stereocenters. The van der Waals surface area contributed by atoms with Gasteiger partial charge in [0.2, 0.25) is 0 Å². The number of halogens is 3. The minimum atomic E-state index is -4.69. The van der Waals surface area contributed by atoms with Crippen molar-refractivity contribution in [3.63, 3.8) is 0 Å². The van der Waals surface area contributed by atoms with Crippen LogP contribution in [0.1, 0.15) is 39.8 Å². The highest BCUT2D eigenvalue weighted by Gasteiger charge is 2.33. The van der Waals surface area contributed by atoms with Crippen molar-refractivity contribution in [2.75, 3.05) is 27.1 Å². The molecule has 2 rings (SSSR count). The molecule has 0 saturated carbocycles. The first-order chi connectivity index (χ1) is 15.2. The number of esters is 1. The predicted octanol–water partition coefficient (Wildman–Crippen LogP) is 3.25. The molecule has 1 heterocycles. The number of ether oxygens (including phenoxy) is 3. The van der Waals surface area contributed by atoms with Gasteiger partial charge in [-0.25, -0.2) is 0 Å². The average molecular weight is 454 g/mol. The summed E-state index contributed by atoms with van der Waals surface area (Å²) < 4.78 is 54.6. The average Bonchev–Trinajstić information content (AvgIpc) is 2.76. The molecule has 0 spiro atoms. The predicted molar refractivity (Wildman–Crippen MR) is 106 cm³/mol. The van der Waals surface area contributed by atoms with E-state index in [9.17, 15) is 27.6 Å². The minimum Gasteiger partial charge on any atom is -0.467 e. The summed E-state index contributed by atoms with van der Waals surface area (Å²) in [6.45, 7) is 1.57. The third-order valence-electron chi connectivity index (χ3n) is 4.15. The number of methoxy groups -OCH3 is 1. The van der Waals surface area contributed by atoms with Crippen molar-refractivity contribution < 1.29 is 41.8 Å². The van der Waals surface area contributed by atoms with Crippen LogP contribution in [0.25, 0.3) is 11.1 Å². The number of aromatic nitrogens is 1. The van der Waals surface area contributed by atoms with Gasteiger partial charge in [0.1, 0.15) is 11.4 Å². The summed E-state index contributed by atoms with van der Waals surface area (Å²) in [6.07, 6.45) is -3.16. The smallest absolute Gasteiger partial charge is 0.416 e. The summed E-state index contributed by atoms with van der Waals surface area (Å²) >= 11 is 0. The Morgan fingerprint density at radius 3 is 2.53 bits per heavy atom. The first kappa shape index (κ1) is 24.8. The van der Waals surface area contributed by atoms with Crippen LogP contribution in [0, 0.1) is 0 Å². The molecule has 1 amide bonds. The zero-order chi connectivity index (χ0) is 23.7. The van der Waals surface area contributed by atoms with Gasteiger partial charge in [-0.05, 0) is 30.7 Å². The van der Waals surface area contributed by atoms with E-state index in [-0.39, 0.29) is 54.5 Å². The van der Waals surface area contributed by atoms with E-state index in [1.807, 2.05) is 0 Å². The number of alkyl halides is 3. The molecular weight excluding hydrogens is 433 g/mol. The van der Waals surface area contributed by atoms with Crippen molar-refractivity contribution in [2.24, 2.45) is 0 Å². The lowest BCUT2D eigenvalue weighted by molar-refractivity contribution is -0.143. The van der Waals surface area contributed by atoms with E-state index >= 15 is 0 Å². The van der Waals surface area contributed by atoms with E-state index in [4.69, 9.17) is 14.2 Å². The number of nitrogens with one attached hydrogen (secondary N) is 1. The fraction of sp³-hybridized carbons (Fsp3) is 0.333. The van der Waals surface area contributed by atoms with Crippen LogP contribution in [0.5, 0.6) is 5.75 Å². The summed E-state index contributed by atoms with van der Waals surface area (Å²) in [5, 5.41) is 2.49. The number of nitrogens with zero attached hydrogens (tertiary/aromatic N) is 1. The monoisotopic (exact) mass is 454 g/mol. The molecule has 32 heavy (non-hydrogen) atoms. The molecule has 2 aromatic rings. The normalized spacial score (nSPS) is 11.0. The first-order valence-electron chi connectivity index (χ1n) is 9.43. The quantitative estimate of drug-likeness (QED) is 0.334. The van der Waals surface area contributed by atoms with Gasteiger partial charge in [-0.15, -0.1) is 0 Å². The number of hydrogen-bond acceptors (Lipinski definition) is 7. The van der Waals surface area contributed by atoms with Crippen LogP contribution in [-0.4, -0.2) is 50.2 Å². The molecule has 0 saturated heterocycles. The van der Waals surface area contributed by atoms with E-state index in [2.05, 4.69) is 10.3 Å². The fourth-order valence-corrected chi connectivity index (χ4v) is 2.68. The number of carbonyl (C=O) groups excluding carboxylic acids is 3. The van der Waals surface area contributed by atoms with Gasteiger partial charge in [0.15, 0.2) is 13.1 Å². The van der Waals surface area contributed by atoms with Crippen molar-refractivity contribution in [3.8, 4) is 16.9 Å². The van der Waals surface area contributed by atoms with Crippen LogP contribution in [-0.2, 0) is 20.4 Å². The standard InChI is InChI=1S/C21H21F3N2O6/c1-3-31-19(28)6-7-25-20(29)17-5-4-13(10-26-17)15-8-14(21(22,23)24)9-18(16(15)11-27)32-12-30-2/h4-5,8-11H,3,6-7,12H2,1-2H3,(H,25,29). The number of aldehydes is 1. The van der Waals surface area contributed by atoms with Gasteiger partial charge in [-0.3, -0.25) is 19.4 Å². The molecule has 0 unspecified atom stereocenters. The van der Waals surface area contributed by atoms with E-state index in [1.54, 1.807) is 6.92 Å². The Labute approximate surface area is 181 Å². The lowest BCUT2D eigenvalue weighted by Crippen LogP contribution is -2.27. The summed E-state index contributed by atoms with van der Waals surface area (Å²) in [5.41, 5.74) is -1.06. The molecule has 1 N–H and O–H groups in total. The summed E-state index contributed by atoms with van der Waals surface area (Å²) in [7, 11) is 1.29. The molecule has 11 heteroatoms. The minimum absolute atomic E-state index is 0.0190. The Morgan fingerprint density at radius 2 is 1.97 bits per heavy atom. The number of hydrogen-bond donors (Lipinski definition) is 1. The fourth-order valence-electron chi connectivity index (χ4n) is 2.68. The highest BCUT2D eigenvalue weighted by atomic mass is 19.4. The number of benzene rings is 1. The zero-order valence-corrected chi connectivity index (χ0v) is 17.3. The molecule has 172 valence electrons. The Morgan fingerprint density at radius 1 is 1.22 bits per heavy atom. The van der Waals surface area contributed by atoms with E-state index in [0.717, 1.165) is 6.07 Å². The second-order valence-electron chi connectivity index (χ2n) is 6.35. The third-order valence-corrected chi connectivity index (χ3v) is 4.15. The van der Waals surface area contributed by atoms with Gasteiger partial charge in [0.25, 0.3) is 5.91 Å². The second kappa shape index (κ2) is 11.2. The number of rotatable bonds is 10. The maximum Gasteiger partial charge on any atom is 0.416 e. The van der Waals surface area contributed by atoms with Crippen molar-refractivity contribution in [2.45, 2.75) is 19.5 Å². The Balaban J connectivity index is 2.29. The lowest BCUT2D eigenvalue weighted by Gasteiger charge is -2.16. The lowest BCUT2D eigenvalue weighted by atomic mass is 9.97. The Hall–Kier alpha value is -3.47. The molecule has 0 aliphatic rings. The van der Waals surface area contributed by atoms with Gasteiger partial charge in [0.05, 0.1) is 24.2 Å². The topological polar surface area (TPSA) is 104 Å². The molecular formula is C21H21F3N2O6. The molecule has 0 aliphatic carbocycles. The zero-order valence-electron chi connectivity index (χ0n) is 17.3. The van der Waals surface area contributed by atoms with Gasteiger partial charge >= 0.3 is 12.1 Å². The molecule has 8 nitrogen and oxygen atoms in total. The number of amides is 1. The molecule has 0 fully saturated rings. The van der Waals surface area contributed by atoms with Crippen molar-refractivity contribution >= 4 is 18.2 Å². The van der Waals surface area contributed by atoms with Gasteiger partial charge in [0, 0.05) is 25.4 Å². The summed E-state index contributed by atoms with van der Waals surface area (Å²) in [4.78, 5) is 39.0. The number of pyridine rings is 1. The van der Waals surface area contributed by atoms with Crippen molar-refractivity contribution in [1.29, 1.82) is 0 Å². The SMILES string of the molecule is CCOC(=O)CCNC(=O)c1ccc(-c2cc(C(F)(F)F)cc(OCOC)c2C=O)cn1. The molecule has 0 aliphatic heterocycles. The molecule has 1 aromatic carbocycles. The maximum atomic E-state index is 13.3. The van der Waals surface area contributed by atoms with E-state index in [0.29, 0.717) is 12.4 Å². The molecule has 1 aromatic heterocycles. The maximum absolute atomic E-state index is 13.3. The van der Waals surface area contributed by atoms with Gasteiger partial charge in [-0.1, -0.05) is 6.07 Å². The summed E-state index contributed by atoms with van der Waals surface area (Å²) in [6, 6.07) is 4.17. The van der Waals surface area contributed by atoms with Gasteiger partial charge in [-0.2, -0.15) is 13.2 Å². The van der Waals surface area contributed by atoms with Crippen LogP contribution in [0.15, 0.2) is 30.5 Å². The first-order valence-corrected chi connectivity index (χ1v) is 9.43.